The SMILES string of the molecule is CC(C)C.CC(C)C.CC(C)N(C)C.CC(C)N1CCCC1.c1c[nH]cn1.c1ccncc1. The van der Waals surface area contributed by atoms with Gasteiger partial charge in [0.25, 0.3) is 0 Å². The topological polar surface area (TPSA) is 48.0 Å². The summed E-state index contributed by atoms with van der Waals surface area (Å²) in [6.45, 7) is 24.5. The van der Waals surface area contributed by atoms with Crippen LogP contribution in [0.1, 0.15) is 82.1 Å². The highest BCUT2D eigenvalue weighted by Gasteiger charge is 2.13. The molecule has 0 amide bonds. The van der Waals surface area contributed by atoms with E-state index in [4.69, 9.17) is 0 Å². The summed E-state index contributed by atoms with van der Waals surface area (Å²) in [5, 5.41) is 0. The number of H-pyrrole nitrogens is 1. The van der Waals surface area contributed by atoms with Crippen molar-refractivity contribution in [3.05, 3.63) is 49.3 Å². The number of hydrogen-bond donors (Lipinski definition) is 1. The molecule has 0 aliphatic carbocycles. The van der Waals surface area contributed by atoms with Crippen molar-refractivity contribution in [2.75, 3.05) is 27.2 Å². The molecule has 0 atom stereocenters. The molecule has 194 valence electrons. The molecule has 3 heterocycles. The Kier molecular flexibility index (Phi) is 28.8. The maximum Gasteiger partial charge on any atom is 0.0919 e. The summed E-state index contributed by atoms with van der Waals surface area (Å²) in [4.78, 5) is 14.9. The number of nitrogens with one attached hydrogen (secondary N) is 1. The number of rotatable bonds is 2. The molecule has 0 radical (unpaired) electrons. The monoisotopic (exact) mass is 463 g/mol. The average Bonchev–Trinajstić information content (AvgIpc) is 3.46. The highest BCUT2D eigenvalue weighted by atomic mass is 15.2. The number of aromatic nitrogens is 3. The maximum absolute atomic E-state index is 3.78. The molecule has 5 nitrogen and oxygen atoms in total. The van der Waals surface area contributed by atoms with E-state index in [0.717, 1.165) is 17.9 Å². The average molecular weight is 464 g/mol. The highest BCUT2D eigenvalue weighted by molar-refractivity contribution is 4.88. The Morgan fingerprint density at radius 1 is 0.697 bits per heavy atom. The maximum atomic E-state index is 3.78. The predicted octanol–water partition coefficient (Wildman–Crippen LogP) is 7.26. The Bertz CT molecular complexity index is 469. The van der Waals surface area contributed by atoms with Gasteiger partial charge in [-0.3, -0.25) is 4.98 Å². The zero-order valence-corrected chi connectivity index (χ0v) is 24.0. The smallest absolute Gasteiger partial charge is 0.0919 e. The van der Waals surface area contributed by atoms with Gasteiger partial charge in [0, 0.05) is 36.9 Å². The summed E-state index contributed by atoms with van der Waals surface area (Å²) in [6, 6.07) is 7.18. The van der Waals surface area contributed by atoms with E-state index in [9.17, 15) is 0 Å². The van der Waals surface area contributed by atoms with Crippen LogP contribution in [0.15, 0.2) is 49.3 Å². The van der Waals surface area contributed by atoms with Gasteiger partial charge in [0.1, 0.15) is 0 Å². The Balaban J connectivity index is -0.000000334. The zero-order chi connectivity index (χ0) is 26.1. The van der Waals surface area contributed by atoms with E-state index in [1.54, 1.807) is 31.1 Å². The van der Waals surface area contributed by atoms with Crippen LogP contribution in [0.5, 0.6) is 0 Å². The van der Waals surface area contributed by atoms with Gasteiger partial charge in [-0.05, 0) is 91.7 Å². The second-order valence-electron chi connectivity index (χ2n) is 10.1. The first-order valence-corrected chi connectivity index (χ1v) is 12.6. The molecular weight excluding hydrogens is 406 g/mol. The summed E-state index contributed by atoms with van der Waals surface area (Å²) in [5.74, 6) is 1.67. The quantitative estimate of drug-likeness (QED) is 0.509. The van der Waals surface area contributed by atoms with Crippen LogP contribution in [0.2, 0.25) is 0 Å². The summed E-state index contributed by atoms with van der Waals surface area (Å²) in [5.41, 5.74) is 0. The molecule has 1 aliphatic rings. The molecule has 0 bridgehead atoms. The fourth-order valence-electron chi connectivity index (χ4n) is 1.79. The number of hydrogen-bond acceptors (Lipinski definition) is 4. The van der Waals surface area contributed by atoms with E-state index < -0.39 is 0 Å². The number of pyridine rings is 1. The van der Waals surface area contributed by atoms with Gasteiger partial charge in [-0.2, -0.15) is 0 Å². The zero-order valence-electron chi connectivity index (χ0n) is 24.0. The summed E-state index contributed by atoms with van der Waals surface area (Å²) in [7, 11) is 4.15. The lowest BCUT2D eigenvalue weighted by molar-refractivity contribution is 0.276. The number of imidazole rings is 1. The predicted molar refractivity (Wildman–Crippen MR) is 149 cm³/mol. The lowest BCUT2D eigenvalue weighted by Crippen LogP contribution is -2.26. The van der Waals surface area contributed by atoms with E-state index in [-0.39, 0.29) is 0 Å². The van der Waals surface area contributed by atoms with Crippen molar-refractivity contribution in [2.24, 2.45) is 11.8 Å². The van der Waals surface area contributed by atoms with Crippen molar-refractivity contribution in [1.82, 2.24) is 24.8 Å². The molecule has 0 aromatic carbocycles. The van der Waals surface area contributed by atoms with E-state index in [0.29, 0.717) is 6.04 Å². The molecule has 1 N–H and O–H groups in total. The van der Waals surface area contributed by atoms with Gasteiger partial charge in [0.05, 0.1) is 6.33 Å². The van der Waals surface area contributed by atoms with Gasteiger partial charge >= 0.3 is 0 Å². The van der Waals surface area contributed by atoms with Crippen molar-refractivity contribution < 1.29 is 0 Å². The third kappa shape index (κ3) is 41.1. The van der Waals surface area contributed by atoms with Gasteiger partial charge in [0.2, 0.25) is 0 Å². The Morgan fingerprint density at radius 3 is 1.24 bits per heavy atom. The van der Waals surface area contributed by atoms with Gasteiger partial charge in [0.15, 0.2) is 0 Å². The molecule has 0 saturated carbocycles. The molecule has 1 fully saturated rings. The third-order valence-corrected chi connectivity index (χ3v) is 3.88. The van der Waals surface area contributed by atoms with Crippen LogP contribution >= 0.6 is 0 Å². The Labute approximate surface area is 207 Å². The minimum atomic E-state index is 0.685. The molecule has 1 saturated heterocycles. The van der Waals surface area contributed by atoms with Gasteiger partial charge < -0.3 is 14.8 Å². The molecule has 1 aliphatic heterocycles. The van der Waals surface area contributed by atoms with Crippen molar-refractivity contribution in [2.45, 2.75) is 94.2 Å². The first-order valence-electron chi connectivity index (χ1n) is 12.6. The van der Waals surface area contributed by atoms with E-state index in [1.165, 1.54) is 25.9 Å². The molecule has 2 aromatic rings. The van der Waals surface area contributed by atoms with E-state index in [2.05, 4.69) is 108 Å². The van der Waals surface area contributed by atoms with Gasteiger partial charge in [-0.15, -0.1) is 0 Å². The fourth-order valence-corrected chi connectivity index (χ4v) is 1.79. The van der Waals surface area contributed by atoms with Gasteiger partial charge in [-0.25, -0.2) is 4.98 Å². The molecular formula is C28H57N5. The molecule has 3 rings (SSSR count). The normalized spacial score (nSPS) is 12.4. The molecule has 0 spiro atoms. The number of likely N-dealkylation sites (tertiary alicyclic amines) is 1. The van der Waals surface area contributed by atoms with E-state index in [1.807, 2.05) is 18.2 Å². The first-order chi connectivity index (χ1) is 15.4. The highest BCUT2D eigenvalue weighted by Crippen LogP contribution is 2.09. The second kappa shape index (κ2) is 26.5. The van der Waals surface area contributed by atoms with Crippen LogP contribution in [-0.2, 0) is 0 Å². The van der Waals surface area contributed by atoms with Crippen LogP contribution in [-0.4, -0.2) is 64.0 Å². The lowest BCUT2D eigenvalue weighted by atomic mass is 10.3. The molecule has 5 heteroatoms. The Hall–Kier alpha value is -1.72. The van der Waals surface area contributed by atoms with E-state index >= 15 is 0 Å². The molecule has 2 aromatic heterocycles. The van der Waals surface area contributed by atoms with Crippen LogP contribution in [0.25, 0.3) is 0 Å². The van der Waals surface area contributed by atoms with Crippen LogP contribution in [0, 0.1) is 11.8 Å². The fraction of sp³-hybridized carbons (Fsp3) is 0.714. The van der Waals surface area contributed by atoms with Crippen LogP contribution in [0.4, 0.5) is 0 Å². The largest absolute Gasteiger partial charge is 0.351 e. The second-order valence-corrected chi connectivity index (χ2v) is 10.1. The van der Waals surface area contributed by atoms with Crippen molar-refractivity contribution in [3.8, 4) is 0 Å². The first kappa shape index (κ1) is 35.9. The number of nitrogens with zero attached hydrogens (tertiary/aromatic N) is 4. The van der Waals surface area contributed by atoms with Crippen LogP contribution in [0.3, 0.4) is 0 Å². The summed E-state index contributed by atoms with van der Waals surface area (Å²) < 4.78 is 0. The minimum absolute atomic E-state index is 0.685. The lowest BCUT2D eigenvalue weighted by Gasteiger charge is -2.18. The van der Waals surface area contributed by atoms with Crippen LogP contribution < -0.4 is 0 Å². The summed E-state index contributed by atoms with van der Waals surface area (Å²) in [6.07, 6.45) is 11.4. The molecule has 0 unspecified atom stereocenters. The molecule has 33 heavy (non-hydrogen) atoms. The Morgan fingerprint density at radius 2 is 1.12 bits per heavy atom. The van der Waals surface area contributed by atoms with Crippen molar-refractivity contribution in [1.29, 1.82) is 0 Å². The standard InChI is InChI=1S/C7H15N.C5H5N.C5H13N.2C4H10.C3H4N2/c1-7(2)8-5-3-4-6-8;1-2-4-6-5-3-1;1-5(2)6(3)4;2*1-4(2)3;1-2-5-3-4-1/h7H,3-6H2,1-2H3;1-5H;5H,1-4H3;2*4H,1-3H3;1-3H,(H,4,5). The van der Waals surface area contributed by atoms with Gasteiger partial charge in [-0.1, -0.05) is 47.6 Å². The third-order valence-electron chi connectivity index (χ3n) is 3.88. The summed E-state index contributed by atoms with van der Waals surface area (Å²) >= 11 is 0. The van der Waals surface area contributed by atoms with Crippen molar-refractivity contribution in [3.63, 3.8) is 0 Å². The number of aromatic amines is 1. The minimum Gasteiger partial charge on any atom is -0.351 e. The van der Waals surface area contributed by atoms with Crippen molar-refractivity contribution >= 4 is 0 Å².